The SMILES string of the molecule is C=CCC1/C=C(\C)C(O)C(C)CC(OC)C2OC(O)(C(=O)C(=O)N3CCCCC3C(=O)OC(C(C)=CC3CCC(O)C(OC)C3)C(C)C(O)CC1=O)C(C)CC2OC. The molecule has 0 radical (unpaired) electrons. The molecular weight excluding hydrogens is 750 g/mol. The predicted molar refractivity (Wildman–Crippen MR) is 214 cm³/mol. The Balaban J connectivity index is 1.80. The molecule has 328 valence electrons. The second kappa shape index (κ2) is 21.1. The van der Waals surface area contributed by atoms with Crippen molar-refractivity contribution in [1.29, 1.82) is 0 Å². The van der Waals surface area contributed by atoms with Crippen LogP contribution in [0.4, 0.5) is 0 Å². The first kappa shape index (κ1) is 47.9. The van der Waals surface area contributed by atoms with E-state index in [9.17, 15) is 39.6 Å². The molecule has 3 fully saturated rings. The Morgan fingerprint density at radius 1 is 0.931 bits per heavy atom. The molecule has 0 aromatic carbocycles. The largest absolute Gasteiger partial charge is 0.456 e. The maximum Gasteiger partial charge on any atom is 0.329 e. The quantitative estimate of drug-likeness (QED) is 0.165. The lowest BCUT2D eigenvalue weighted by Gasteiger charge is -2.47. The summed E-state index contributed by atoms with van der Waals surface area (Å²) in [5.74, 6) is -8.85. The van der Waals surface area contributed by atoms with Gasteiger partial charge in [-0.05, 0) is 94.6 Å². The average Bonchev–Trinajstić information content (AvgIpc) is 3.21. The maximum absolute atomic E-state index is 14.3. The van der Waals surface area contributed by atoms with Gasteiger partial charge in [-0.15, -0.1) is 6.58 Å². The van der Waals surface area contributed by atoms with E-state index >= 15 is 0 Å². The van der Waals surface area contributed by atoms with Crippen molar-refractivity contribution in [3.63, 3.8) is 0 Å². The molecular formula is C44H69NO13. The summed E-state index contributed by atoms with van der Waals surface area (Å²) in [4.78, 5) is 57.8. The van der Waals surface area contributed by atoms with Crippen molar-refractivity contribution < 1.29 is 63.3 Å². The molecule has 15 unspecified atom stereocenters. The number of ketones is 2. The van der Waals surface area contributed by atoms with Crippen LogP contribution in [-0.4, -0.2) is 137 Å². The number of carbonyl (C=O) groups is 4. The fourth-order valence-electron chi connectivity index (χ4n) is 9.34. The Morgan fingerprint density at radius 2 is 1.59 bits per heavy atom. The van der Waals surface area contributed by atoms with Gasteiger partial charge in [0.15, 0.2) is 0 Å². The number of aliphatic hydroxyl groups is 4. The zero-order chi connectivity index (χ0) is 43.1. The first-order valence-corrected chi connectivity index (χ1v) is 21.0. The second-order valence-electron chi connectivity index (χ2n) is 17.3. The van der Waals surface area contributed by atoms with E-state index in [1.165, 1.54) is 14.2 Å². The van der Waals surface area contributed by atoms with Crippen LogP contribution in [0.25, 0.3) is 0 Å². The van der Waals surface area contributed by atoms with E-state index in [0.717, 1.165) is 4.90 Å². The normalized spacial score (nSPS) is 41.8. The standard InChI is InChI=1S/C44H69NO13/c1-10-13-30-19-24(2)38(49)25(3)20-36(55-8)40-37(56-9)21-27(5)44(53,58-40)41(50)42(51)45-17-12-11-14-31(45)43(52)57-39(28(6)33(47)23-34(30)48)26(4)18-29-15-16-32(46)35(22-29)54-7/h10,18-19,25,27-33,35-40,46-47,49,53H,1,11-17,20-23H2,2-9H3/b24-19+,26-18?. The van der Waals surface area contributed by atoms with Crippen LogP contribution >= 0.6 is 0 Å². The van der Waals surface area contributed by atoms with Gasteiger partial charge in [-0.25, -0.2) is 4.79 Å². The molecule has 1 saturated carbocycles. The summed E-state index contributed by atoms with van der Waals surface area (Å²) in [6.07, 6.45) is 1.75. The number of cyclic esters (lactones) is 1. The van der Waals surface area contributed by atoms with Crippen molar-refractivity contribution in [2.24, 2.45) is 29.6 Å². The lowest BCUT2D eigenvalue weighted by atomic mass is 9.81. The number of rotatable bonds is 7. The summed E-state index contributed by atoms with van der Waals surface area (Å²) in [7, 11) is 4.47. The number of nitrogens with zero attached hydrogens (tertiary/aromatic N) is 1. The van der Waals surface area contributed by atoms with Crippen molar-refractivity contribution in [1.82, 2.24) is 4.90 Å². The third-order valence-electron chi connectivity index (χ3n) is 13.2. The van der Waals surface area contributed by atoms with E-state index in [2.05, 4.69) is 6.58 Å². The summed E-state index contributed by atoms with van der Waals surface area (Å²) in [6.45, 7) is 12.5. The first-order valence-electron chi connectivity index (χ1n) is 21.0. The minimum atomic E-state index is -2.58. The highest BCUT2D eigenvalue weighted by atomic mass is 16.7. The third-order valence-corrected chi connectivity index (χ3v) is 13.2. The molecule has 3 heterocycles. The van der Waals surface area contributed by atoms with Gasteiger partial charge in [-0.3, -0.25) is 14.4 Å². The topological polar surface area (TPSA) is 199 Å². The number of Topliss-reactive ketones (excluding diaryl/α,β-unsaturated/α-hetero) is 2. The van der Waals surface area contributed by atoms with Crippen LogP contribution in [-0.2, 0) is 42.9 Å². The third kappa shape index (κ3) is 10.9. The number of piperidine rings is 1. The summed E-state index contributed by atoms with van der Waals surface area (Å²) in [5.41, 5.74) is 1.14. The van der Waals surface area contributed by atoms with Crippen molar-refractivity contribution in [3.05, 3.63) is 36.0 Å². The summed E-state index contributed by atoms with van der Waals surface area (Å²) in [6, 6.07) is -1.17. The van der Waals surface area contributed by atoms with E-state index in [1.807, 2.05) is 13.0 Å². The summed E-state index contributed by atoms with van der Waals surface area (Å²) >= 11 is 0. The first-order chi connectivity index (χ1) is 27.4. The molecule has 1 aliphatic carbocycles. The molecule has 4 rings (SSSR count). The number of methoxy groups -OCH3 is 3. The fourth-order valence-corrected chi connectivity index (χ4v) is 9.34. The number of fused-ring (bicyclic) bond motifs is 3. The lowest BCUT2D eigenvalue weighted by Crippen LogP contribution is -2.64. The van der Waals surface area contributed by atoms with Gasteiger partial charge >= 0.3 is 5.97 Å². The number of ether oxygens (including phenoxy) is 5. The van der Waals surface area contributed by atoms with Gasteiger partial charge in [-0.2, -0.15) is 0 Å². The van der Waals surface area contributed by atoms with Crippen molar-refractivity contribution in [2.75, 3.05) is 27.9 Å². The van der Waals surface area contributed by atoms with Crippen molar-refractivity contribution >= 4 is 23.4 Å². The summed E-state index contributed by atoms with van der Waals surface area (Å²) < 4.78 is 29.6. The molecule has 58 heavy (non-hydrogen) atoms. The molecule has 4 aliphatic rings. The minimum Gasteiger partial charge on any atom is -0.456 e. The molecule has 2 bridgehead atoms. The van der Waals surface area contributed by atoms with Crippen LogP contribution in [0.3, 0.4) is 0 Å². The number of esters is 1. The van der Waals surface area contributed by atoms with Gasteiger partial charge in [0.2, 0.25) is 5.79 Å². The van der Waals surface area contributed by atoms with E-state index in [4.69, 9.17) is 23.7 Å². The van der Waals surface area contributed by atoms with Crippen LogP contribution in [0.2, 0.25) is 0 Å². The fraction of sp³-hybridized carbons (Fsp3) is 0.773. The molecule has 0 spiro atoms. The minimum absolute atomic E-state index is 0.0371. The Labute approximate surface area is 343 Å². The van der Waals surface area contributed by atoms with Gasteiger partial charge in [0.05, 0.1) is 36.6 Å². The van der Waals surface area contributed by atoms with E-state index in [-0.39, 0.29) is 56.5 Å². The van der Waals surface area contributed by atoms with Crippen LogP contribution < -0.4 is 0 Å². The Morgan fingerprint density at radius 3 is 2.22 bits per heavy atom. The van der Waals surface area contributed by atoms with Crippen LogP contribution in [0.1, 0.15) is 98.8 Å². The van der Waals surface area contributed by atoms with Gasteiger partial charge in [0.25, 0.3) is 11.7 Å². The van der Waals surface area contributed by atoms with Gasteiger partial charge in [0.1, 0.15) is 24.0 Å². The highest BCUT2D eigenvalue weighted by Gasteiger charge is 2.56. The second-order valence-corrected chi connectivity index (χ2v) is 17.3. The van der Waals surface area contributed by atoms with E-state index < -0.39 is 95.9 Å². The lowest BCUT2D eigenvalue weighted by molar-refractivity contribution is -0.302. The van der Waals surface area contributed by atoms with Gasteiger partial charge in [-0.1, -0.05) is 39.0 Å². The number of aliphatic hydroxyl groups excluding tert-OH is 3. The molecule has 0 aromatic heterocycles. The monoisotopic (exact) mass is 819 g/mol. The highest BCUT2D eigenvalue weighted by Crippen LogP contribution is 2.39. The molecule has 1 amide bonds. The van der Waals surface area contributed by atoms with Crippen molar-refractivity contribution in [2.45, 2.75) is 159 Å². The molecule has 2 saturated heterocycles. The molecule has 14 nitrogen and oxygen atoms in total. The number of hydrogen-bond donors (Lipinski definition) is 4. The average molecular weight is 820 g/mol. The Hall–Kier alpha value is -2.82. The Bertz CT molecular complexity index is 1510. The highest BCUT2D eigenvalue weighted by molar-refractivity contribution is 6.39. The zero-order valence-electron chi connectivity index (χ0n) is 35.7. The van der Waals surface area contributed by atoms with Gasteiger partial charge in [0, 0.05) is 52.0 Å². The zero-order valence-corrected chi connectivity index (χ0v) is 35.7. The van der Waals surface area contributed by atoms with Crippen LogP contribution in [0, 0.1) is 29.6 Å². The molecule has 15 atom stereocenters. The van der Waals surface area contributed by atoms with Crippen LogP contribution in [0.15, 0.2) is 36.0 Å². The smallest absolute Gasteiger partial charge is 0.329 e. The predicted octanol–water partition coefficient (Wildman–Crippen LogP) is 3.61. The van der Waals surface area contributed by atoms with E-state index in [1.54, 1.807) is 47.0 Å². The molecule has 0 aromatic rings. The number of amides is 1. The Kier molecular flexibility index (Phi) is 17.4. The van der Waals surface area contributed by atoms with Crippen LogP contribution in [0.5, 0.6) is 0 Å². The maximum atomic E-state index is 14.3. The van der Waals surface area contributed by atoms with Crippen molar-refractivity contribution in [3.8, 4) is 0 Å². The van der Waals surface area contributed by atoms with E-state index in [0.29, 0.717) is 43.3 Å². The molecule has 14 heteroatoms. The molecule has 4 N–H and O–H groups in total. The van der Waals surface area contributed by atoms with Gasteiger partial charge < -0.3 is 49.0 Å². The molecule has 3 aliphatic heterocycles. The number of hydrogen-bond acceptors (Lipinski definition) is 13. The number of carbonyl (C=O) groups excluding carboxylic acids is 4. The summed E-state index contributed by atoms with van der Waals surface area (Å²) in [5, 5.41) is 45.7. The number of allylic oxidation sites excluding steroid dienone is 3.